The third-order valence-electron chi connectivity index (χ3n) is 12.2. The SMILES string of the molecule is CCCCC/C=C\C/C=C\CCCCCCCCCCCCOCC(COP(=O)(O)OC1C(O)C(O)C(O)C(O)C1O)OC(=O)CCCCCCCCC/C=C\CCCCCCCCC. The van der Waals surface area contributed by atoms with Gasteiger partial charge in [0.1, 0.15) is 42.7 Å². The highest BCUT2D eigenvalue weighted by molar-refractivity contribution is 7.47. The van der Waals surface area contributed by atoms with Crippen molar-refractivity contribution in [1.82, 2.24) is 0 Å². The molecule has 1 saturated carbocycles. The van der Waals surface area contributed by atoms with Gasteiger partial charge in [0.05, 0.1) is 13.2 Å². The Morgan fingerprint density at radius 1 is 0.492 bits per heavy atom. The van der Waals surface area contributed by atoms with Crippen molar-refractivity contribution < 1.29 is 58.3 Å². The van der Waals surface area contributed by atoms with Crippen molar-refractivity contribution >= 4 is 13.8 Å². The number of phosphoric acid groups is 1. The summed E-state index contributed by atoms with van der Waals surface area (Å²) in [5, 5.41) is 50.3. The van der Waals surface area contributed by atoms with Crippen LogP contribution in [-0.2, 0) is 27.9 Å². The van der Waals surface area contributed by atoms with Gasteiger partial charge in [-0.2, -0.15) is 0 Å². The highest BCUT2D eigenvalue weighted by Crippen LogP contribution is 2.47. The summed E-state index contributed by atoms with van der Waals surface area (Å²) in [4.78, 5) is 23.2. The van der Waals surface area contributed by atoms with Crippen LogP contribution in [0, 0.1) is 0 Å². The van der Waals surface area contributed by atoms with Gasteiger partial charge in [-0.25, -0.2) is 4.57 Å². The number of carbonyl (C=O) groups excluding carboxylic acids is 1. The summed E-state index contributed by atoms with van der Waals surface area (Å²) in [7, 11) is -5.02. The van der Waals surface area contributed by atoms with E-state index in [0.29, 0.717) is 13.0 Å². The molecule has 1 fully saturated rings. The van der Waals surface area contributed by atoms with Gasteiger partial charge in [0.25, 0.3) is 0 Å². The topological polar surface area (TPSA) is 192 Å². The number of esters is 1. The van der Waals surface area contributed by atoms with Gasteiger partial charge >= 0.3 is 13.8 Å². The smallest absolute Gasteiger partial charge is 0.457 e. The quantitative estimate of drug-likeness (QED) is 0.0147. The van der Waals surface area contributed by atoms with E-state index in [1.165, 1.54) is 141 Å². The summed E-state index contributed by atoms with van der Waals surface area (Å²) in [6.45, 7) is 4.25. The molecule has 6 unspecified atom stereocenters. The number of ether oxygens (including phenoxy) is 2. The lowest BCUT2D eigenvalue weighted by Gasteiger charge is -2.41. The van der Waals surface area contributed by atoms with Crippen molar-refractivity contribution in [1.29, 1.82) is 0 Å². The second kappa shape index (κ2) is 42.6. The molecule has 65 heavy (non-hydrogen) atoms. The largest absolute Gasteiger partial charge is 0.472 e. The Morgan fingerprint density at radius 3 is 1.34 bits per heavy atom. The molecule has 6 N–H and O–H groups in total. The number of aliphatic hydroxyl groups is 5. The second-order valence-electron chi connectivity index (χ2n) is 18.4. The van der Waals surface area contributed by atoms with E-state index in [1.54, 1.807) is 0 Å². The average Bonchev–Trinajstić information content (AvgIpc) is 3.29. The van der Waals surface area contributed by atoms with Gasteiger partial charge in [-0.05, 0) is 70.6 Å². The summed E-state index contributed by atoms with van der Waals surface area (Å²) in [5.41, 5.74) is 0. The number of rotatable bonds is 45. The monoisotopic (exact) mass is 945 g/mol. The zero-order valence-electron chi connectivity index (χ0n) is 41.0. The van der Waals surface area contributed by atoms with Crippen LogP contribution < -0.4 is 0 Å². The van der Waals surface area contributed by atoms with E-state index in [1.807, 2.05) is 0 Å². The Morgan fingerprint density at radius 2 is 0.862 bits per heavy atom. The molecule has 0 aliphatic heterocycles. The molecule has 0 aromatic rings. The van der Waals surface area contributed by atoms with Crippen LogP contribution in [0.25, 0.3) is 0 Å². The van der Waals surface area contributed by atoms with Gasteiger partial charge in [0, 0.05) is 13.0 Å². The molecule has 0 bridgehead atoms. The maximum absolute atomic E-state index is 12.9. The zero-order chi connectivity index (χ0) is 47.6. The average molecular weight is 945 g/mol. The molecule has 0 spiro atoms. The third-order valence-corrected chi connectivity index (χ3v) is 13.2. The normalized spacial score (nSPS) is 21.8. The van der Waals surface area contributed by atoms with Crippen LogP contribution in [0.2, 0.25) is 0 Å². The van der Waals surface area contributed by atoms with E-state index in [9.17, 15) is 39.8 Å². The lowest BCUT2D eigenvalue weighted by atomic mass is 9.85. The molecule has 1 rings (SSSR count). The summed E-state index contributed by atoms with van der Waals surface area (Å²) in [6, 6.07) is 0. The van der Waals surface area contributed by atoms with Crippen LogP contribution in [-0.4, -0.2) is 98.9 Å². The maximum atomic E-state index is 12.9. The van der Waals surface area contributed by atoms with E-state index in [-0.39, 0.29) is 13.0 Å². The van der Waals surface area contributed by atoms with Gasteiger partial charge in [-0.1, -0.05) is 185 Å². The van der Waals surface area contributed by atoms with Crippen LogP contribution in [0.15, 0.2) is 36.5 Å². The van der Waals surface area contributed by atoms with E-state index in [0.717, 1.165) is 57.8 Å². The summed E-state index contributed by atoms with van der Waals surface area (Å²) in [5.74, 6) is -0.481. The zero-order valence-corrected chi connectivity index (χ0v) is 41.9. The van der Waals surface area contributed by atoms with Crippen LogP contribution in [0.4, 0.5) is 0 Å². The van der Waals surface area contributed by atoms with Gasteiger partial charge in [-0.15, -0.1) is 0 Å². The van der Waals surface area contributed by atoms with Crippen LogP contribution in [0.1, 0.15) is 226 Å². The summed E-state index contributed by atoms with van der Waals surface area (Å²) < 4.78 is 34.3. The first-order chi connectivity index (χ1) is 31.5. The minimum Gasteiger partial charge on any atom is -0.457 e. The molecule has 0 amide bonds. The Kier molecular flexibility index (Phi) is 40.4. The molecule has 0 aromatic carbocycles. The first-order valence-electron chi connectivity index (χ1n) is 26.3. The molecule has 0 radical (unpaired) electrons. The Balaban J connectivity index is 2.33. The standard InChI is InChI=1S/C52H97O12P/c1-3-5-7-9-11-13-15-17-19-21-23-24-26-28-30-32-34-36-38-40-42-61-43-45(44-62-65(59,60)64-52-50(57)48(55)47(54)49(56)51(52)58)63-46(53)41-39-37-35-33-31-29-27-25-22-20-18-16-14-12-10-8-6-4-2/h11,13,17,19-20,22,45,47-52,54-58H,3-10,12,14-16,18,21,23-44H2,1-2H3,(H,59,60)/b13-11-,19-17-,22-20-. The molecule has 13 heteroatoms. The predicted molar refractivity (Wildman–Crippen MR) is 263 cm³/mol. The number of hydrogen-bond donors (Lipinski definition) is 6. The Labute approximate surface area is 395 Å². The van der Waals surface area contributed by atoms with Crippen LogP contribution in [0.5, 0.6) is 0 Å². The fraction of sp³-hybridized carbons (Fsp3) is 0.865. The highest BCUT2D eigenvalue weighted by atomic mass is 31.2. The van der Waals surface area contributed by atoms with E-state index in [2.05, 4.69) is 50.3 Å². The molecule has 0 heterocycles. The van der Waals surface area contributed by atoms with Crippen molar-refractivity contribution in [3.63, 3.8) is 0 Å². The molecule has 6 atom stereocenters. The molecule has 1 aliphatic rings. The van der Waals surface area contributed by atoms with E-state index in [4.69, 9.17) is 18.5 Å². The van der Waals surface area contributed by atoms with Crippen molar-refractivity contribution in [3.05, 3.63) is 36.5 Å². The minimum absolute atomic E-state index is 0.0791. The molecular formula is C52H97O12P. The molecule has 382 valence electrons. The van der Waals surface area contributed by atoms with Crippen LogP contribution >= 0.6 is 7.82 Å². The lowest BCUT2D eigenvalue weighted by molar-refractivity contribution is -0.220. The number of unbranched alkanes of at least 4 members (excludes halogenated alkanes) is 27. The molecule has 0 aromatic heterocycles. The fourth-order valence-corrected chi connectivity index (χ4v) is 9.00. The Bertz CT molecular complexity index is 1210. The number of aliphatic hydroxyl groups excluding tert-OH is 5. The lowest BCUT2D eigenvalue weighted by Crippen LogP contribution is -2.64. The second-order valence-corrected chi connectivity index (χ2v) is 19.8. The van der Waals surface area contributed by atoms with Crippen molar-refractivity contribution in [3.8, 4) is 0 Å². The van der Waals surface area contributed by atoms with Crippen molar-refractivity contribution in [2.24, 2.45) is 0 Å². The minimum atomic E-state index is -5.02. The first kappa shape index (κ1) is 61.6. The van der Waals surface area contributed by atoms with Crippen LogP contribution in [0.3, 0.4) is 0 Å². The van der Waals surface area contributed by atoms with Gasteiger partial charge in [-0.3, -0.25) is 13.8 Å². The first-order valence-corrected chi connectivity index (χ1v) is 27.8. The maximum Gasteiger partial charge on any atom is 0.472 e. The fourth-order valence-electron chi connectivity index (χ4n) is 8.03. The Hall–Kier alpha value is -1.44. The number of allylic oxidation sites excluding steroid dienone is 6. The molecule has 0 saturated heterocycles. The van der Waals surface area contributed by atoms with E-state index < -0.39 is 63.1 Å². The number of hydrogen-bond acceptors (Lipinski definition) is 11. The van der Waals surface area contributed by atoms with Crippen molar-refractivity contribution in [2.45, 2.75) is 268 Å². The summed E-state index contributed by atoms with van der Waals surface area (Å²) in [6.07, 6.45) is 39.2. The molecule has 12 nitrogen and oxygen atoms in total. The molecular weight excluding hydrogens is 848 g/mol. The number of phosphoric ester groups is 1. The number of carbonyl (C=O) groups is 1. The van der Waals surface area contributed by atoms with Gasteiger partial charge in [0.2, 0.25) is 0 Å². The van der Waals surface area contributed by atoms with Gasteiger partial charge < -0.3 is 39.9 Å². The third kappa shape index (κ3) is 34.5. The van der Waals surface area contributed by atoms with Gasteiger partial charge in [0.15, 0.2) is 0 Å². The predicted octanol–water partition coefficient (Wildman–Crippen LogP) is 11.8. The molecule has 1 aliphatic carbocycles. The highest BCUT2D eigenvalue weighted by Gasteiger charge is 2.51. The van der Waals surface area contributed by atoms with E-state index >= 15 is 0 Å². The van der Waals surface area contributed by atoms with Crippen molar-refractivity contribution in [2.75, 3.05) is 19.8 Å². The summed E-state index contributed by atoms with van der Waals surface area (Å²) >= 11 is 0.